The SMILES string of the molecule is CC[C@@H](Sc1nc(N)cc(=O)[nH]1)C(=O)Nc1nnc(C)s1. The fourth-order valence-electron chi connectivity index (χ4n) is 1.50. The first-order chi connectivity index (χ1) is 9.97. The van der Waals surface area contributed by atoms with Gasteiger partial charge in [-0.25, -0.2) is 4.98 Å². The third-order valence-corrected chi connectivity index (χ3v) is 4.42. The van der Waals surface area contributed by atoms with E-state index >= 15 is 0 Å². The number of anilines is 2. The van der Waals surface area contributed by atoms with Crippen molar-refractivity contribution in [3.63, 3.8) is 0 Å². The number of nitrogens with one attached hydrogen (secondary N) is 2. The lowest BCUT2D eigenvalue weighted by Gasteiger charge is -2.12. The second kappa shape index (κ2) is 6.68. The van der Waals surface area contributed by atoms with Gasteiger partial charge in [-0.2, -0.15) is 0 Å². The summed E-state index contributed by atoms with van der Waals surface area (Å²) in [5.41, 5.74) is 5.17. The Morgan fingerprint density at radius 3 is 2.90 bits per heavy atom. The Morgan fingerprint density at radius 1 is 1.57 bits per heavy atom. The highest BCUT2D eigenvalue weighted by molar-refractivity contribution is 8.00. The lowest BCUT2D eigenvalue weighted by molar-refractivity contribution is -0.115. The molecule has 0 fully saturated rings. The molecule has 0 bridgehead atoms. The fourth-order valence-corrected chi connectivity index (χ4v) is 3.01. The zero-order valence-electron chi connectivity index (χ0n) is 11.4. The number of nitrogens with two attached hydrogens (primary N) is 1. The predicted molar refractivity (Wildman–Crippen MR) is 82.5 cm³/mol. The van der Waals surface area contributed by atoms with E-state index < -0.39 is 5.25 Å². The number of hydrogen-bond donors (Lipinski definition) is 3. The van der Waals surface area contributed by atoms with Crippen LogP contribution in [0, 0.1) is 6.92 Å². The molecule has 112 valence electrons. The molecule has 0 spiro atoms. The average molecular weight is 326 g/mol. The summed E-state index contributed by atoms with van der Waals surface area (Å²) in [6, 6.07) is 1.19. The van der Waals surface area contributed by atoms with E-state index in [0.717, 1.165) is 16.8 Å². The molecule has 2 heterocycles. The average Bonchev–Trinajstić information content (AvgIpc) is 2.80. The van der Waals surface area contributed by atoms with Crippen LogP contribution >= 0.6 is 23.1 Å². The molecule has 10 heteroatoms. The van der Waals surface area contributed by atoms with Gasteiger partial charge < -0.3 is 10.7 Å². The molecular weight excluding hydrogens is 312 g/mol. The summed E-state index contributed by atoms with van der Waals surface area (Å²) in [5.74, 6) is -0.0972. The summed E-state index contributed by atoms with van der Waals surface area (Å²) >= 11 is 2.45. The summed E-state index contributed by atoms with van der Waals surface area (Å²) < 4.78 is 0. The molecule has 0 saturated carbocycles. The number of hydrogen-bond acceptors (Lipinski definition) is 8. The highest BCUT2D eigenvalue weighted by Crippen LogP contribution is 2.24. The predicted octanol–water partition coefficient (Wildman–Crippen LogP) is 1.02. The monoisotopic (exact) mass is 326 g/mol. The van der Waals surface area contributed by atoms with Crippen molar-refractivity contribution in [3.8, 4) is 0 Å². The van der Waals surface area contributed by atoms with Crippen LogP contribution in [-0.2, 0) is 4.79 Å². The quantitative estimate of drug-likeness (QED) is 0.553. The summed E-state index contributed by atoms with van der Waals surface area (Å²) in [6.07, 6.45) is 0.562. The summed E-state index contributed by atoms with van der Waals surface area (Å²) in [5, 5.41) is 11.5. The number of carbonyl (C=O) groups excluding carboxylic acids is 1. The second-order valence-corrected chi connectivity index (χ2v) is 6.48. The van der Waals surface area contributed by atoms with E-state index in [9.17, 15) is 9.59 Å². The minimum atomic E-state index is -0.417. The van der Waals surface area contributed by atoms with Crippen molar-refractivity contribution >= 4 is 40.0 Å². The Hall–Kier alpha value is -1.94. The van der Waals surface area contributed by atoms with Crippen LogP contribution in [0.5, 0.6) is 0 Å². The molecule has 2 aromatic heterocycles. The molecule has 1 atom stereocenters. The van der Waals surface area contributed by atoms with Gasteiger partial charge in [0.1, 0.15) is 10.8 Å². The van der Waals surface area contributed by atoms with Gasteiger partial charge in [-0.15, -0.1) is 10.2 Å². The van der Waals surface area contributed by atoms with E-state index in [4.69, 9.17) is 5.73 Å². The van der Waals surface area contributed by atoms with E-state index in [1.54, 1.807) is 6.92 Å². The highest BCUT2D eigenvalue weighted by atomic mass is 32.2. The maximum absolute atomic E-state index is 12.2. The van der Waals surface area contributed by atoms with E-state index in [0.29, 0.717) is 16.7 Å². The Morgan fingerprint density at radius 2 is 2.33 bits per heavy atom. The van der Waals surface area contributed by atoms with Gasteiger partial charge in [-0.3, -0.25) is 14.9 Å². The lowest BCUT2D eigenvalue weighted by Crippen LogP contribution is -2.25. The van der Waals surface area contributed by atoms with Crippen molar-refractivity contribution in [2.24, 2.45) is 0 Å². The molecule has 0 aliphatic rings. The lowest BCUT2D eigenvalue weighted by atomic mass is 10.3. The number of thioether (sulfide) groups is 1. The van der Waals surface area contributed by atoms with Crippen molar-refractivity contribution in [2.45, 2.75) is 30.7 Å². The maximum Gasteiger partial charge on any atom is 0.253 e. The molecule has 2 rings (SSSR count). The number of aromatic amines is 1. The number of nitrogens with zero attached hydrogens (tertiary/aromatic N) is 3. The standard InChI is InChI=1S/C11H14N6O2S2/c1-3-6(9(19)15-11-17-16-5(2)20-11)21-10-13-7(12)4-8(18)14-10/h4,6H,3H2,1-2H3,(H,15,17,19)(H3,12,13,14,18)/t6-/m1/s1. The topological polar surface area (TPSA) is 127 Å². The van der Waals surface area contributed by atoms with Crippen LogP contribution in [0.15, 0.2) is 16.0 Å². The van der Waals surface area contributed by atoms with Gasteiger partial charge >= 0.3 is 0 Å². The van der Waals surface area contributed by atoms with Crippen LogP contribution in [0.4, 0.5) is 10.9 Å². The van der Waals surface area contributed by atoms with Gasteiger partial charge in [0.05, 0.1) is 5.25 Å². The summed E-state index contributed by atoms with van der Waals surface area (Å²) in [4.78, 5) is 30.1. The number of aryl methyl sites for hydroxylation is 1. The van der Waals surface area contributed by atoms with Crippen molar-refractivity contribution in [1.29, 1.82) is 0 Å². The van der Waals surface area contributed by atoms with Crippen LogP contribution in [0.25, 0.3) is 0 Å². The van der Waals surface area contributed by atoms with E-state index in [-0.39, 0.29) is 17.3 Å². The molecule has 0 aromatic carbocycles. The number of carbonyl (C=O) groups is 1. The molecule has 4 N–H and O–H groups in total. The third kappa shape index (κ3) is 4.26. The number of rotatable bonds is 5. The molecule has 21 heavy (non-hydrogen) atoms. The minimum Gasteiger partial charge on any atom is -0.383 e. The number of aromatic nitrogens is 4. The van der Waals surface area contributed by atoms with Gasteiger partial charge in [0.2, 0.25) is 11.0 Å². The number of nitrogen functional groups attached to an aromatic ring is 1. The van der Waals surface area contributed by atoms with Crippen LogP contribution < -0.4 is 16.6 Å². The fraction of sp³-hybridized carbons (Fsp3) is 0.364. The minimum absolute atomic E-state index is 0.122. The molecule has 0 unspecified atom stereocenters. The Kier molecular flexibility index (Phi) is 4.91. The summed E-state index contributed by atoms with van der Waals surface area (Å²) in [6.45, 7) is 3.67. The van der Waals surface area contributed by atoms with Gasteiger partial charge in [0.25, 0.3) is 5.56 Å². The van der Waals surface area contributed by atoms with Crippen LogP contribution in [0.1, 0.15) is 18.4 Å². The maximum atomic E-state index is 12.2. The van der Waals surface area contributed by atoms with Crippen LogP contribution in [-0.4, -0.2) is 31.3 Å². The highest BCUT2D eigenvalue weighted by Gasteiger charge is 2.20. The first-order valence-corrected chi connectivity index (χ1v) is 7.82. The van der Waals surface area contributed by atoms with E-state index in [1.807, 2.05) is 6.92 Å². The zero-order chi connectivity index (χ0) is 15.4. The van der Waals surface area contributed by atoms with Crippen LogP contribution in [0.2, 0.25) is 0 Å². The zero-order valence-corrected chi connectivity index (χ0v) is 13.0. The van der Waals surface area contributed by atoms with Crippen molar-refractivity contribution < 1.29 is 4.79 Å². The Labute approximate surface area is 128 Å². The van der Waals surface area contributed by atoms with Gasteiger partial charge in [0.15, 0.2) is 5.16 Å². The van der Waals surface area contributed by atoms with Crippen LogP contribution in [0.3, 0.4) is 0 Å². The van der Waals surface area contributed by atoms with Gasteiger partial charge in [0, 0.05) is 6.07 Å². The van der Waals surface area contributed by atoms with E-state index in [1.165, 1.54) is 17.4 Å². The smallest absolute Gasteiger partial charge is 0.253 e. The first kappa shape index (κ1) is 15.4. The Balaban J connectivity index is 2.08. The largest absolute Gasteiger partial charge is 0.383 e. The van der Waals surface area contributed by atoms with Crippen molar-refractivity contribution in [1.82, 2.24) is 20.2 Å². The van der Waals surface area contributed by atoms with Crippen molar-refractivity contribution in [2.75, 3.05) is 11.1 Å². The summed E-state index contributed by atoms with van der Waals surface area (Å²) in [7, 11) is 0. The first-order valence-electron chi connectivity index (χ1n) is 6.12. The molecule has 2 aromatic rings. The molecule has 0 aliphatic carbocycles. The van der Waals surface area contributed by atoms with Gasteiger partial charge in [-0.1, -0.05) is 30.0 Å². The molecule has 8 nitrogen and oxygen atoms in total. The number of amides is 1. The second-order valence-electron chi connectivity index (χ2n) is 4.11. The molecule has 0 aliphatic heterocycles. The molecule has 1 amide bonds. The third-order valence-electron chi connectivity index (χ3n) is 2.41. The van der Waals surface area contributed by atoms with Crippen molar-refractivity contribution in [3.05, 3.63) is 21.4 Å². The molecule has 0 radical (unpaired) electrons. The van der Waals surface area contributed by atoms with E-state index in [2.05, 4.69) is 25.5 Å². The Bertz CT molecular complexity index is 698. The normalized spacial score (nSPS) is 12.1. The number of H-pyrrole nitrogens is 1. The van der Waals surface area contributed by atoms with Gasteiger partial charge in [-0.05, 0) is 13.3 Å². The molecule has 0 saturated heterocycles. The molecular formula is C11H14N6O2S2.